The van der Waals surface area contributed by atoms with Crippen LogP contribution in [-0.4, -0.2) is 23.5 Å². The molecular weight excluding hydrogens is 244 g/mol. The molecule has 0 fully saturated rings. The number of nitrogens with zero attached hydrogens (tertiary/aromatic N) is 1. The predicted molar refractivity (Wildman–Crippen MR) is 61.3 cm³/mol. The van der Waals surface area contributed by atoms with Gasteiger partial charge >= 0.3 is 0 Å². The molecule has 98 valence electrons. The van der Waals surface area contributed by atoms with Crippen molar-refractivity contribution in [2.75, 3.05) is 6.54 Å². The molecule has 18 heavy (non-hydrogen) atoms. The summed E-state index contributed by atoms with van der Waals surface area (Å²) in [7, 11) is 0. The van der Waals surface area contributed by atoms with E-state index in [2.05, 4.69) is 10.5 Å². The molecule has 4 N–H and O–H groups in total. The van der Waals surface area contributed by atoms with Crippen LogP contribution in [0.1, 0.15) is 17.3 Å². The summed E-state index contributed by atoms with van der Waals surface area (Å²) in [5.41, 5.74) is 4.92. The molecule has 1 atom stereocenters. The summed E-state index contributed by atoms with van der Waals surface area (Å²) in [6.07, 6.45) is 0. The highest BCUT2D eigenvalue weighted by Crippen LogP contribution is 2.11. The Hall–Kier alpha value is -2.18. The fraction of sp³-hybridized carbons (Fsp3) is 0.273. The van der Waals surface area contributed by atoms with Gasteiger partial charge in [0, 0.05) is 12.5 Å². The van der Waals surface area contributed by atoms with Crippen LogP contribution in [-0.2, 0) is 0 Å². The van der Waals surface area contributed by atoms with Crippen LogP contribution in [0, 0.1) is 17.6 Å². The maximum atomic E-state index is 13.3. The molecule has 0 aliphatic heterocycles. The number of carbonyl (C=O) groups excluding carboxylic acids is 1. The predicted octanol–water partition coefficient (Wildman–Crippen LogP) is 1.08. The molecule has 0 spiro atoms. The van der Waals surface area contributed by atoms with Crippen LogP contribution in [0.15, 0.2) is 23.4 Å². The molecule has 1 amide bonds. The topological polar surface area (TPSA) is 87.7 Å². The molecule has 0 bridgehead atoms. The average Bonchev–Trinajstić information content (AvgIpc) is 2.37. The zero-order valence-corrected chi connectivity index (χ0v) is 9.65. The van der Waals surface area contributed by atoms with E-state index in [4.69, 9.17) is 10.9 Å². The highest BCUT2D eigenvalue weighted by molar-refractivity contribution is 5.94. The maximum Gasteiger partial charge on any atom is 0.254 e. The molecule has 1 unspecified atom stereocenters. The van der Waals surface area contributed by atoms with Crippen LogP contribution in [0.25, 0.3) is 0 Å². The molecule has 0 aromatic heterocycles. The minimum absolute atomic E-state index is 0.0463. The van der Waals surface area contributed by atoms with E-state index in [9.17, 15) is 13.6 Å². The van der Waals surface area contributed by atoms with E-state index in [0.29, 0.717) is 0 Å². The highest BCUT2D eigenvalue weighted by Gasteiger charge is 2.16. The third-order valence-corrected chi connectivity index (χ3v) is 2.39. The van der Waals surface area contributed by atoms with Gasteiger partial charge in [0.1, 0.15) is 5.84 Å². The summed E-state index contributed by atoms with van der Waals surface area (Å²) in [6.45, 7) is 1.65. The lowest BCUT2D eigenvalue weighted by Crippen LogP contribution is -2.35. The number of amides is 1. The maximum absolute atomic E-state index is 13.3. The number of rotatable bonds is 4. The molecule has 1 rings (SSSR count). The van der Waals surface area contributed by atoms with Gasteiger partial charge in [-0.25, -0.2) is 8.78 Å². The highest BCUT2D eigenvalue weighted by atomic mass is 19.2. The number of amidine groups is 1. The summed E-state index contributed by atoms with van der Waals surface area (Å²) in [5, 5.41) is 13.6. The van der Waals surface area contributed by atoms with E-state index in [1.165, 1.54) is 12.1 Å². The van der Waals surface area contributed by atoms with Crippen LogP contribution in [0.3, 0.4) is 0 Å². The minimum Gasteiger partial charge on any atom is -0.409 e. The summed E-state index contributed by atoms with van der Waals surface area (Å²) < 4.78 is 26.2. The first-order valence-corrected chi connectivity index (χ1v) is 5.17. The van der Waals surface area contributed by atoms with Crippen molar-refractivity contribution in [3.63, 3.8) is 0 Å². The van der Waals surface area contributed by atoms with Gasteiger partial charge < -0.3 is 16.3 Å². The van der Waals surface area contributed by atoms with Gasteiger partial charge in [-0.3, -0.25) is 4.79 Å². The van der Waals surface area contributed by atoms with Gasteiger partial charge in [-0.05, 0) is 12.1 Å². The quantitative estimate of drug-likeness (QED) is 0.326. The minimum atomic E-state index is -1.20. The number of oxime groups is 1. The first-order valence-electron chi connectivity index (χ1n) is 5.17. The first kappa shape index (κ1) is 13.9. The molecule has 0 radical (unpaired) electrons. The Balaban J connectivity index is 2.69. The second-order valence-corrected chi connectivity index (χ2v) is 3.74. The summed E-state index contributed by atoms with van der Waals surface area (Å²) >= 11 is 0. The molecule has 0 saturated carbocycles. The van der Waals surface area contributed by atoms with Crippen molar-refractivity contribution >= 4 is 11.7 Å². The van der Waals surface area contributed by atoms with E-state index in [1.54, 1.807) is 6.92 Å². The van der Waals surface area contributed by atoms with Crippen LogP contribution in [0.4, 0.5) is 8.78 Å². The van der Waals surface area contributed by atoms with Gasteiger partial charge in [0.15, 0.2) is 11.6 Å². The second kappa shape index (κ2) is 5.95. The van der Waals surface area contributed by atoms with Crippen molar-refractivity contribution < 1.29 is 18.8 Å². The summed E-state index contributed by atoms with van der Waals surface area (Å²) in [6, 6.07) is 3.33. The Labute approximate surface area is 102 Å². The third kappa shape index (κ3) is 3.16. The number of carbonyl (C=O) groups is 1. The number of hydrogen-bond acceptors (Lipinski definition) is 3. The van der Waals surface area contributed by atoms with E-state index in [-0.39, 0.29) is 17.9 Å². The number of halogens is 2. The second-order valence-electron chi connectivity index (χ2n) is 3.74. The standard InChI is InChI=1S/C11H13F2N3O2/c1-6(10(14)16-18)5-15-11(17)7-3-2-4-8(12)9(7)13/h2-4,6,18H,5H2,1H3,(H2,14,16)(H,15,17). The van der Waals surface area contributed by atoms with E-state index >= 15 is 0 Å². The lowest BCUT2D eigenvalue weighted by molar-refractivity contribution is 0.0946. The monoisotopic (exact) mass is 257 g/mol. The fourth-order valence-corrected chi connectivity index (χ4v) is 1.22. The SMILES string of the molecule is CC(CNC(=O)c1cccc(F)c1F)/C(N)=N/O. The van der Waals surface area contributed by atoms with Gasteiger partial charge in [-0.2, -0.15) is 0 Å². The van der Waals surface area contributed by atoms with Gasteiger partial charge in [0.25, 0.3) is 5.91 Å². The largest absolute Gasteiger partial charge is 0.409 e. The zero-order chi connectivity index (χ0) is 13.7. The van der Waals surface area contributed by atoms with Crippen molar-refractivity contribution in [3.05, 3.63) is 35.4 Å². The lowest BCUT2D eigenvalue weighted by Gasteiger charge is -2.11. The number of benzene rings is 1. The Morgan fingerprint density at radius 3 is 2.83 bits per heavy atom. The fourth-order valence-electron chi connectivity index (χ4n) is 1.22. The average molecular weight is 257 g/mol. The van der Waals surface area contributed by atoms with Gasteiger partial charge in [0.05, 0.1) is 5.56 Å². The number of nitrogens with two attached hydrogens (primary N) is 1. The summed E-state index contributed by atoms with van der Waals surface area (Å²) in [5.74, 6) is -3.53. The molecule has 0 aliphatic carbocycles. The molecule has 0 aliphatic rings. The Morgan fingerprint density at radius 2 is 2.22 bits per heavy atom. The molecule has 7 heteroatoms. The zero-order valence-electron chi connectivity index (χ0n) is 9.65. The normalized spacial score (nSPS) is 13.2. The Bertz CT molecular complexity index is 477. The number of hydrogen-bond donors (Lipinski definition) is 3. The molecule has 1 aromatic rings. The van der Waals surface area contributed by atoms with E-state index in [0.717, 1.165) is 6.07 Å². The molecular formula is C11H13F2N3O2. The van der Waals surface area contributed by atoms with Crippen LogP contribution in [0.5, 0.6) is 0 Å². The van der Waals surface area contributed by atoms with Gasteiger partial charge in [-0.15, -0.1) is 0 Å². The molecule has 5 nitrogen and oxygen atoms in total. The molecule has 0 saturated heterocycles. The Kier molecular flexibility index (Phi) is 4.59. The van der Waals surface area contributed by atoms with Crippen LogP contribution in [0.2, 0.25) is 0 Å². The van der Waals surface area contributed by atoms with Crippen LogP contribution < -0.4 is 11.1 Å². The Morgan fingerprint density at radius 1 is 1.56 bits per heavy atom. The van der Waals surface area contributed by atoms with Crippen LogP contribution >= 0.6 is 0 Å². The van der Waals surface area contributed by atoms with Crippen molar-refractivity contribution in [1.82, 2.24) is 5.32 Å². The molecule has 1 aromatic carbocycles. The van der Waals surface area contributed by atoms with Gasteiger partial charge in [0.2, 0.25) is 0 Å². The van der Waals surface area contributed by atoms with Crippen molar-refractivity contribution in [2.45, 2.75) is 6.92 Å². The number of nitrogens with one attached hydrogen (secondary N) is 1. The van der Waals surface area contributed by atoms with Crippen molar-refractivity contribution in [3.8, 4) is 0 Å². The molecule has 0 heterocycles. The third-order valence-electron chi connectivity index (χ3n) is 2.39. The summed E-state index contributed by atoms with van der Waals surface area (Å²) in [4.78, 5) is 11.6. The first-order chi connectivity index (χ1) is 8.47. The van der Waals surface area contributed by atoms with Gasteiger partial charge in [-0.1, -0.05) is 18.1 Å². The van der Waals surface area contributed by atoms with Crippen molar-refractivity contribution in [2.24, 2.45) is 16.8 Å². The van der Waals surface area contributed by atoms with Crippen molar-refractivity contribution in [1.29, 1.82) is 0 Å². The smallest absolute Gasteiger partial charge is 0.254 e. The van der Waals surface area contributed by atoms with E-state index in [1.807, 2.05) is 0 Å². The lowest BCUT2D eigenvalue weighted by atomic mass is 10.1. The van der Waals surface area contributed by atoms with E-state index < -0.39 is 23.5 Å².